The van der Waals surface area contributed by atoms with E-state index >= 15 is 0 Å². The molecule has 0 fully saturated rings. The lowest BCUT2D eigenvalue weighted by Gasteiger charge is -2.19. The summed E-state index contributed by atoms with van der Waals surface area (Å²) in [4.78, 5) is 24.4. The molecule has 152 valence electrons. The maximum atomic E-state index is 12.7. The first kappa shape index (κ1) is 20.3. The van der Waals surface area contributed by atoms with Gasteiger partial charge in [0.15, 0.2) is 6.61 Å². The van der Waals surface area contributed by atoms with Gasteiger partial charge in [0, 0.05) is 6.07 Å². The van der Waals surface area contributed by atoms with Crippen molar-refractivity contribution in [2.45, 2.75) is 26.4 Å². The van der Waals surface area contributed by atoms with Crippen molar-refractivity contribution in [1.29, 1.82) is 0 Å². The van der Waals surface area contributed by atoms with Crippen LogP contribution in [0.25, 0.3) is 11.0 Å². The largest absolute Gasteiger partial charge is 0.497 e. The van der Waals surface area contributed by atoms with E-state index in [1.165, 1.54) is 12.3 Å². The van der Waals surface area contributed by atoms with Gasteiger partial charge >= 0.3 is 5.97 Å². The SMILES string of the molecule is COc1ccc(Oc2coc3cc(OCC(=O)OC(C)(C)C)ccc3c2=O)cc1. The maximum absolute atomic E-state index is 12.7. The van der Waals surface area contributed by atoms with E-state index in [9.17, 15) is 9.59 Å². The van der Waals surface area contributed by atoms with Crippen LogP contribution in [0, 0.1) is 0 Å². The van der Waals surface area contributed by atoms with Crippen molar-refractivity contribution >= 4 is 16.9 Å². The summed E-state index contributed by atoms with van der Waals surface area (Å²) in [6.45, 7) is 5.09. The fourth-order valence-corrected chi connectivity index (χ4v) is 2.54. The van der Waals surface area contributed by atoms with Gasteiger partial charge in [0.1, 0.15) is 34.7 Å². The molecule has 0 bridgehead atoms. The van der Waals surface area contributed by atoms with Crippen LogP contribution in [0.1, 0.15) is 20.8 Å². The molecule has 29 heavy (non-hydrogen) atoms. The molecule has 3 rings (SSSR count). The first-order chi connectivity index (χ1) is 13.7. The Morgan fingerprint density at radius 1 is 1.00 bits per heavy atom. The Labute approximate surface area is 167 Å². The zero-order valence-corrected chi connectivity index (χ0v) is 16.7. The number of ether oxygens (including phenoxy) is 4. The van der Waals surface area contributed by atoms with Gasteiger partial charge in [0.2, 0.25) is 11.2 Å². The third-order valence-electron chi connectivity index (χ3n) is 3.78. The van der Waals surface area contributed by atoms with Crippen LogP contribution in [0.2, 0.25) is 0 Å². The Morgan fingerprint density at radius 2 is 1.66 bits per heavy atom. The molecule has 7 heteroatoms. The molecular weight excluding hydrogens is 376 g/mol. The number of methoxy groups -OCH3 is 1. The van der Waals surface area contributed by atoms with Gasteiger partial charge in [-0.3, -0.25) is 4.79 Å². The van der Waals surface area contributed by atoms with Gasteiger partial charge in [0.25, 0.3) is 0 Å². The molecule has 1 aromatic heterocycles. The second-order valence-electron chi connectivity index (χ2n) is 7.24. The average molecular weight is 398 g/mol. The van der Waals surface area contributed by atoms with Crippen molar-refractivity contribution in [2.75, 3.05) is 13.7 Å². The molecular formula is C22H22O7. The number of benzene rings is 2. The molecule has 0 atom stereocenters. The van der Waals surface area contributed by atoms with E-state index in [1.54, 1.807) is 64.3 Å². The molecule has 0 saturated heterocycles. The Bertz CT molecular complexity index is 1060. The molecule has 0 N–H and O–H groups in total. The summed E-state index contributed by atoms with van der Waals surface area (Å²) in [6.07, 6.45) is 1.24. The number of rotatable bonds is 6. The molecule has 0 unspecified atom stereocenters. The van der Waals surface area contributed by atoms with E-state index in [0.29, 0.717) is 28.2 Å². The van der Waals surface area contributed by atoms with Crippen LogP contribution in [-0.2, 0) is 9.53 Å². The molecule has 1 heterocycles. The minimum absolute atomic E-state index is 0.0603. The molecule has 0 spiro atoms. The molecule has 2 aromatic carbocycles. The van der Waals surface area contributed by atoms with Gasteiger partial charge in [-0.15, -0.1) is 0 Å². The lowest BCUT2D eigenvalue weighted by molar-refractivity contribution is -0.157. The highest BCUT2D eigenvalue weighted by Crippen LogP contribution is 2.25. The second kappa shape index (κ2) is 8.26. The summed E-state index contributed by atoms with van der Waals surface area (Å²) >= 11 is 0. The fraction of sp³-hybridized carbons (Fsp3) is 0.273. The minimum atomic E-state index is -0.586. The first-order valence-corrected chi connectivity index (χ1v) is 8.97. The summed E-state index contributed by atoms with van der Waals surface area (Å²) in [7, 11) is 1.57. The summed E-state index contributed by atoms with van der Waals surface area (Å²) in [6, 6.07) is 11.5. The third kappa shape index (κ3) is 5.28. The van der Waals surface area contributed by atoms with E-state index in [0.717, 1.165) is 0 Å². The zero-order valence-electron chi connectivity index (χ0n) is 16.7. The van der Waals surface area contributed by atoms with Crippen molar-refractivity contribution in [3.63, 3.8) is 0 Å². The lowest BCUT2D eigenvalue weighted by Crippen LogP contribution is -2.27. The topological polar surface area (TPSA) is 84.2 Å². The van der Waals surface area contributed by atoms with Crippen molar-refractivity contribution in [3.8, 4) is 23.0 Å². The van der Waals surface area contributed by atoms with Crippen LogP contribution in [0.5, 0.6) is 23.0 Å². The van der Waals surface area contributed by atoms with Crippen molar-refractivity contribution in [2.24, 2.45) is 0 Å². The number of hydrogen-bond donors (Lipinski definition) is 0. The van der Waals surface area contributed by atoms with Gasteiger partial charge in [-0.05, 0) is 57.2 Å². The fourth-order valence-electron chi connectivity index (χ4n) is 2.54. The average Bonchev–Trinajstić information content (AvgIpc) is 2.68. The summed E-state index contributed by atoms with van der Waals surface area (Å²) < 4.78 is 26.9. The van der Waals surface area contributed by atoms with E-state index in [-0.39, 0.29) is 17.8 Å². The molecule has 0 aliphatic rings. The van der Waals surface area contributed by atoms with Crippen LogP contribution in [0.4, 0.5) is 0 Å². The highest BCUT2D eigenvalue weighted by atomic mass is 16.6. The van der Waals surface area contributed by atoms with E-state index in [1.807, 2.05) is 0 Å². The lowest BCUT2D eigenvalue weighted by atomic mass is 10.2. The van der Waals surface area contributed by atoms with Crippen LogP contribution < -0.4 is 19.6 Å². The predicted molar refractivity (Wildman–Crippen MR) is 107 cm³/mol. The third-order valence-corrected chi connectivity index (χ3v) is 3.78. The second-order valence-corrected chi connectivity index (χ2v) is 7.24. The summed E-state index contributed by atoms with van der Waals surface area (Å²) in [5.41, 5.74) is -0.587. The Morgan fingerprint density at radius 3 is 2.31 bits per heavy atom. The predicted octanol–water partition coefficient (Wildman–Crippen LogP) is 4.31. The van der Waals surface area contributed by atoms with Gasteiger partial charge in [-0.2, -0.15) is 0 Å². The quantitative estimate of drug-likeness (QED) is 0.572. The zero-order chi connectivity index (χ0) is 21.0. The van der Waals surface area contributed by atoms with Crippen molar-refractivity contribution < 1.29 is 28.2 Å². The minimum Gasteiger partial charge on any atom is -0.497 e. The number of fused-ring (bicyclic) bond motifs is 1. The van der Waals surface area contributed by atoms with E-state index in [4.69, 9.17) is 23.4 Å². The molecule has 0 amide bonds. The molecule has 0 saturated carbocycles. The highest BCUT2D eigenvalue weighted by Gasteiger charge is 2.17. The number of esters is 1. The van der Waals surface area contributed by atoms with Gasteiger partial charge in [0.05, 0.1) is 12.5 Å². The van der Waals surface area contributed by atoms with Gasteiger partial charge in [-0.25, -0.2) is 4.79 Å². The van der Waals surface area contributed by atoms with Crippen LogP contribution in [0.3, 0.4) is 0 Å². The van der Waals surface area contributed by atoms with Crippen molar-refractivity contribution in [3.05, 3.63) is 59.0 Å². The molecule has 3 aromatic rings. The number of carbonyl (C=O) groups excluding carboxylic acids is 1. The first-order valence-electron chi connectivity index (χ1n) is 8.97. The summed E-state index contributed by atoms with van der Waals surface area (Å²) in [5.74, 6) is 1.12. The van der Waals surface area contributed by atoms with Crippen LogP contribution >= 0.6 is 0 Å². The van der Waals surface area contributed by atoms with Gasteiger partial charge < -0.3 is 23.4 Å². The van der Waals surface area contributed by atoms with E-state index in [2.05, 4.69) is 0 Å². The Hall–Kier alpha value is -3.48. The number of hydrogen-bond acceptors (Lipinski definition) is 7. The van der Waals surface area contributed by atoms with Crippen LogP contribution in [-0.4, -0.2) is 25.3 Å². The smallest absolute Gasteiger partial charge is 0.344 e. The van der Waals surface area contributed by atoms with Gasteiger partial charge in [-0.1, -0.05) is 0 Å². The molecule has 0 aliphatic heterocycles. The monoisotopic (exact) mass is 398 g/mol. The molecule has 0 radical (unpaired) electrons. The van der Waals surface area contributed by atoms with E-state index < -0.39 is 11.6 Å². The highest BCUT2D eigenvalue weighted by molar-refractivity contribution is 5.79. The molecule has 0 aliphatic carbocycles. The molecule has 7 nitrogen and oxygen atoms in total. The standard InChI is InChI=1S/C22H22O7/c1-22(2,3)29-20(23)13-26-16-9-10-17-18(11-16)27-12-19(21(17)24)28-15-7-5-14(25-4)6-8-15/h5-12H,13H2,1-4H3. The normalized spacial score (nSPS) is 11.2. The Kier molecular flexibility index (Phi) is 5.77. The van der Waals surface area contributed by atoms with Crippen LogP contribution in [0.15, 0.2) is 57.9 Å². The van der Waals surface area contributed by atoms with Crippen molar-refractivity contribution in [1.82, 2.24) is 0 Å². The summed E-state index contributed by atoms with van der Waals surface area (Å²) in [5, 5.41) is 0.334. The Balaban J connectivity index is 1.74. The maximum Gasteiger partial charge on any atom is 0.344 e. The number of carbonyl (C=O) groups is 1.